The van der Waals surface area contributed by atoms with E-state index in [1.54, 1.807) is 0 Å². The SMILES string of the molecule is NC(=O)c1[nH]c2ccc(Cl)cc2c1S(=O)(=O)N1CCCC1C(F)(F)F. The second-order valence-corrected chi connectivity index (χ2v) is 7.96. The highest BCUT2D eigenvalue weighted by Crippen LogP contribution is 2.39. The van der Waals surface area contributed by atoms with Gasteiger partial charge in [0, 0.05) is 22.5 Å². The predicted molar refractivity (Wildman–Crippen MR) is 84.8 cm³/mol. The van der Waals surface area contributed by atoms with Crippen LogP contribution >= 0.6 is 11.6 Å². The molecule has 2 aromatic rings. The van der Waals surface area contributed by atoms with Crippen molar-refractivity contribution >= 4 is 38.4 Å². The predicted octanol–water partition coefficient (Wildman–Crippen LogP) is 2.64. The summed E-state index contributed by atoms with van der Waals surface area (Å²) in [6.45, 7) is -0.294. The summed E-state index contributed by atoms with van der Waals surface area (Å²) in [5.41, 5.74) is 4.99. The Hall–Kier alpha value is -1.78. The maximum Gasteiger partial charge on any atom is 0.405 e. The minimum absolute atomic E-state index is 0.0223. The number of sulfonamides is 1. The molecule has 1 amide bonds. The molecule has 1 aliphatic heterocycles. The number of amides is 1. The first-order chi connectivity index (χ1) is 11.5. The number of halogens is 4. The van der Waals surface area contributed by atoms with Crippen LogP contribution in [0.4, 0.5) is 13.2 Å². The van der Waals surface area contributed by atoms with Crippen LogP contribution in [0.1, 0.15) is 23.3 Å². The van der Waals surface area contributed by atoms with Gasteiger partial charge in [0.05, 0.1) is 0 Å². The Balaban J connectivity index is 2.25. The molecule has 0 spiro atoms. The minimum Gasteiger partial charge on any atom is -0.364 e. The Bertz CT molecular complexity index is 955. The standard InChI is InChI=1S/C14H13ClF3N3O3S/c15-7-3-4-9-8(6-7)12(11(20-9)13(19)22)25(23,24)21-5-1-2-10(21)14(16,17)18/h3-4,6,10,20H,1-2,5H2,(H2,19,22). The van der Waals surface area contributed by atoms with E-state index in [0.29, 0.717) is 4.31 Å². The first-order valence-electron chi connectivity index (χ1n) is 7.23. The fourth-order valence-electron chi connectivity index (χ4n) is 3.05. The fourth-order valence-corrected chi connectivity index (χ4v) is 5.25. The van der Waals surface area contributed by atoms with Crippen molar-refractivity contribution in [2.75, 3.05) is 6.54 Å². The molecule has 1 fully saturated rings. The van der Waals surface area contributed by atoms with E-state index in [2.05, 4.69) is 4.98 Å². The van der Waals surface area contributed by atoms with E-state index in [1.165, 1.54) is 18.2 Å². The summed E-state index contributed by atoms with van der Waals surface area (Å²) in [5.74, 6) is -1.09. The maximum absolute atomic E-state index is 13.2. The molecular formula is C14H13ClF3N3O3S. The third-order valence-corrected chi connectivity index (χ3v) is 6.34. The molecule has 1 aliphatic rings. The van der Waals surface area contributed by atoms with Crippen LogP contribution in [0, 0.1) is 0 Å². The van der Waals surface area contributed by atoms with E-state index in [4.69, 9.17) is 17.3 Å². The molecule has 0 aliphatic carbocycles. The van der Waals surface area contributed by atoms with Gasteiger partial charge in [-0.2, -0.15) is 17.5 Å². The van der Waals surface area contributed by atoms with Crippen molar-refractivity contribution in [1.82, 2.24) is 9.29 Å². The third kappa shape index (κ3) is 2.98. The number of alkyl halides is 3. The Labute approximate surface area is 145 Å². The molecule has 1 saturated heterocycles. The molecule has 1 aromatic carbocycles. The Morgan fingerprint density at radius 2 is 2.04 bits per heavy atom. The number of carbonyl (C=O) groups is 1. The number of nitrogens with one attached hydrogen (secondary N) is 1. The molecule has 136 valence electrons. The van der Waals surface area contributed by atoms with Crippen molar-refractivity contribution in [1.29, 1.82) is 0 Å². The monoisotopic (exact) mass is 395 g/mol. The van der Waals surface area contributed by atoms with Crippen molar-refractivity contribution in [2.24, 2.45) is 5.73 Å². The average Bonchev–Trinajstić information content (AvgIpc) is 3.11. The Morgan fingerprint density at radius 1 is 1.36 bits per heavy atom. The van der Waals surface area contributed by atoms with Gasteiger partial charge in [-0.05, 0) is 31.0 Å². The van der Waals surface area contributed by atoms with Gasteiger partial charge in [0.2, 0.25) is 10.0 Å². The van der Waals surface area contributed by atoms with E-state index in [9.17, 15) is 26.4 Å². The van der Waals surface area contributed by atoms with Crippen molar-refractivity contribution in [3.63, 3.8) is 0 Å². The zero-order valence-corrected chi connectivity index (χ0v) is 14.2. The zero-order chi connectivity index (χ0) is 18.6. The zero-order valence-electron chi connectivity index (χ0n) is 12.6. The number of aromatic nitrogens is 1. The number of H-pyrrole nitrogens is 1. The molecule has 25 heavy (non-hydrogen) atoms. The number of nitrogens with two attached hydrogens (primary N) is 1. The third-order valence-electron chi connectivity index (χ3n) is 4.11. The van der Waals surface area contributed by atoms with E-state index >= 15 is 0 Å². The van der Waals surface area contributed by atoms with Gasteiger partial charge < -0.3 is 10.7 Å². The summed E-state index contributed by atoms with van der Waals surface area (Å²) in [5, 5.41) is 0.196. The smallest absolute Gasteiger partial charge is 0.364 e. The summed E-state index contributed by atoms with van der Waals surface area (Å²) < 4.78 is 65.9. The van der Waals surface area contributed by atoms with Gasteiger partial charge in [-0.3, -0.25) is 4.79 Å². The summed E-state index contributed by atoms with van der Waals surface area (Å²) >= 11 is 5.87. The van der Waals surface area contributed by atoms with Gasteiger partial charge in [0.25, 0.3) is 5.91 Å². The number of rotatable bonds is 3. The fraction of sp³-hybridized carbons (Fsp3) is 0.357. The molecule has 3 N–H and O–H groups in total. The number of benzene rings is 1. The quantitative estimate of drug-likeness (QED) is 0.836. The van der Waals surface area contributed by atoms with Gasteiger partial charge in [0.1, 0.15) is 16.6 Å². The van der Waals surface area contributed by atoms with Crippen molar-refractivity contribution < 1.29 is 26.4 Å². The van der Waals surface area contributed by atoms with Crippen LogP contribution in [0.2, 0.25) is 5.02 Å². The van der Waals surface area contributed by atoms with Crippen molar-refractivity contribution in [3.05, 3.63) is 28.9 Å². The second-order valence-electron chi connectivity index (χ2n) is 5.70. The van der Waals surface area contributed by atoms with Crippen LogP contribution in [-0.4, -0.2) is 42.4 Å². The lowest BCUT2D eigenvalue weighted by Gasteiger charge is -2.26. The van der Waals surface area contributed by atoms with Crippen LogP contribution in [0.25, 0.3) is 10.9 Å². The number of primary amides is 1. The van der Waals surface area contributed by atoms with Gasteiger partial charge in [-0.1, -0.05) is 11.6 Å². The van der Waals surface area contributed by atoms with Crippen molar-refractivity contribution in [2.45, 2.75) is 30.0 Å². The first-order valence-corrected chi connectivity index (χ1v) is 9.05. The van der Waals surface area contributed by atoms with Crippen molar-refractivity contribution in [3.8, 4) is 0 Å². The molecule has 3 rings (SSSR count). The van der Waals surface area contributed by atoms with Gasteiger partial charge in [-0.15, -0.1) is 0 Å². The van der Waals surface area contributed by atoms with E-state index in [-0.39, 0.29) is 35.3 Å². The number of carbonyl (C=O) groups excluding carboxylic acids is 1. The van der Waals surface area contributed by atoms with E-state index in [1.807, 2.05) is 0 Å². The Morgan fingerprint density at radius 3 is 2.64 bits per heavy atom. The number of nitrogens with zero attached hydrogens (tertiary/aromatic N) is 1. The highest BCUT2D eigenvalue weighted by atomic mass is 35.5. The summed E-state index contributed by atoms with van der Waals surface area (Å²) in [6.07, 6.45) is -4.98. The molecule has 6 nitrogen and oxygen atoms in total. The molecular weight excluding hydrogens is 383 g/mol. The molecule has 2 heterocycles. The molecule has 0 saturated carbocycles. The number of aromatic amines is 1. The summed E-state index contributed by atoms with van der Waals surface area (Å²) in [6, 6.07) is 2.01. The number of fused-ring (bicyclic) bond motifs is 1. The van der Waals surface area contributed by atoms with Crippen LogP contribution in [-0.2, 0) is 10.0 Å². The highest BCUT2D eigenvalue weighted by Gasteiger charge is 2.51. The number of hydrogen-bond acceptors (Lipinski definition) is 3. The summed E-state index contributed by atoms with van der Waals surface area (Å²) in [4.78, 5) is 13.6. The van der Waals surface area contributed by atoms with E-state index < -0.39 is 38.7 Å². The first kappa shape index (κ1) is 18.0. The lowest BCUT2D eigenvalue weighted by atomic mass is 10.2. The van der Waals surface area contributed by atoms with Crippen LogP contribution in [0.5, 0.6) is 0 Å². The van der Waals surface area contributed by atoms with Crippen LogP contribution in [0.15, 0.2) is 23.1 Å². The lowest BCUT2D eigenvalue weighted by molar-refractivity contribution is -0.165. The van der Waals surface area contributed by atoms with Gasteiger partial charge >= 0.3 is 6.18 Å². The average molecular weight is 396 g/mol. The second kappa shape index (κ2) is 5.89. The molecule has 0 bridgehead atoms. The normalized spacial score (nSPS) is 19.6. The van der Waals surface area contributed by atoms with Gasteiger partial charge in [-0.25, -0.2) is 8.42 Å². The topological polar surface area (TPSA) is 96.3 Å². The van der Waals surface area contributed by atoms with Crippen LogP contribution < -0.4 is 5.73 Å². The lowest BCUT2D eigenvalue weighted by Crippen LogP contribution is -2.44. The molecule has 11 heteroatoms. The largest absolute Gasteiger partial charge is 0.405 e. The summed E-state index contributed by atoms with van der Waals surface area (Å²) in [7, 11) is -4.62. The molecule has 1 unspecified atom stereocenters. The molecule has 1 atom stereocenters. The Kier molecular flexibility index (Phi) is 4.25. The maximum atomic E-state index is 13.2. The molecule has 0 radical (unpaired) electrons. The number of hydrogen-bond donors (Lipinski definition) is 2. The van der Waals surface area contributed by atoms with Crippen LogP contribution in [0.3, 0.4) is 0 Å². The van der Waals surface area contributed by atoms with Gasteiger partial charge in [0.15, 0.2) is 0 Å². The molecule has 1 aromatic heterocycles. The highest BCUT2D eigenvalue weighted by molar-refractivity contribution is 7.89. The minimum atomic E-state index is -4.71. The van der Waals surface area contributed by atoms with E-state index in [0.717, 1.165) is 0 Å².